The van der Waals surface area contributed by atoms with Crippen LogP contribution in [-0.4, -0.2) is 57.2 Å². The molecule has 2 heterocycles. The van der Waals surface area contributed by atoms with Gasteiger partial charge >= 0.3 is 12.0 Å². The summed E-state index contributed by atoms with van der Waals surface area (Å²) < 4.78 is 0. The number of carboxylic acid groups (broad SMARTS) is 1. The van der Waals surface area contributed by atoms with Gasteiger partial charge in [-0.2, -0.15) is 0 Å². The Morgan fingerprint density at radius 2 is 1.76 bits per heavy atom. The maximum atomic E-state index is 13.1. The average molecular weight is 346 g/mol. The SMILES string of the molecule is O=C(O)CC1CC2CCC(C1)N2C(=O)N(CCO)Cc1ccccc1. The first-order valence-electron chi connectivity index (χ1n) is 9.02. The molecule has 2 aliphatic rings. The fourth-order valence-electron chi connectivity index (χ4n) is 4.35. The highest BCUT2D eigenvalue weighted by Gasteiger charge is 2.44. The number of benzene rings is 1. The number of piperidine rings is 1. The third kappa shape index (κ3) is 4.12. The number of aliphatic carboxylic acids is 1. The van der Waals surface area contributed by atoms with Crippen LogP contribution in [0.5, 0.6) is 0 Å². The number of hydrogen-bond acceptors (Lipinski definition) is 3. The number of carbonyl (C=O) groups excluding carboxylic acids is 1. The quantitative estimate of drug-likeness (QED) is 0.828. The Bertz CT molecular complexity index is 593. The van der Waals surface area contributed by atoms with E-state index < -0.39 is 5.97 Å². The van der Waals surface area contributed by atoms with Crippen LogP contribution < -0.4 is 0 Å². The van der Waals surface area contributed by atoms with Crippen molar-refractivity contribution in [2.75, 3.05) is 13.2 Å². The molecule has 2 N–H and O–H groups in total. The van der Waals surface area contributed by atoms with Crippen molar-refractivity contribution in [1.82, 2.24) is 9.80 Å². The summed E-state index contributed by atoms with van der Waals surface area (Å²) >= 11 is 0. The first-order valence-corrected chi connectivity index (χ1v) is 9.02. The van der Waals surface area contributed by atoms with Gasteiger partial charge in [0.15, 0.2) is 0 Å². The van der Waals surface area contributed by atoms with Gasteiger partial charge in [-0.3, -0.25) is 4.79 Å². The second kappa shape index (κ2) is 7.87. The molecule has 2 saturated heterocycles. The first-order chi connectivity index (χ1) is 12.1. The molecule has 2 bridgehead atoms. The van der Waals surface area contributed by atoms with Crippen LogP contribution in [0, 0.1) is 5.92 Å². The van der Waals surface area contributed by atoms with Crippen LogP contribution in [0.15, 0.2) is 30.3 Å². The topological polar surface area (TPSA) is 81.1 Å². The van der Waals surface area contributed by atoms with E-state index in [0.717, 1.165) is 31.2 Å². The molecule has 0 aromatic heterocycles. The van der Waals surface area contributed by atoms with Crippen molar-refractivity contribution in [3.8, 4) is 0 Å². The number of carbonyl (C=O) groups is 2. The number of rotatable bonds is 6. The summed E-state index contributed by atoms with van der Waals surface area (Å²) in [5.41, 5.74) is 1.04. The van der Waals surface area contributed by atoms with Crippen molar-refractivity contribution < 1.29 is 19.8 Å². The monoisotopic (exact) mass is 346 g/mol. The molecule has 6 nitrogen and oxygen atoms in total. The summed E-state index contributed by atoms with van der Waals surface area (Å²) in [7, 11) is 0. The molecule has 0 aliphatic carbocycles. The van der Waals surface area contributed by atoms with Gasteiger partial charge in [0.1, 0.15) is 0 Å². The van der Waals surface area contributed by atoms with Gasteiger partial charge in [0.05, 0.1) is 6.61 Å². The lowest BCUT2D eigenvalue weighted by Gasteiger charge is -2.41. The number of aliphatic hydroxyl groups excluding tert-OH is 1. The minimum Gasteiger partial charge on any atom is -0.481 e. The molecule has 1 aromatic carbocycles. The zero-order valence-corrected chi connectivity index (χ0v) is 14.4. The molecule has 2 amide bonds. The Morgan fingerprint density at radius 3 is 2.32 bits per heavy atom. The molecule has 0 saturated carbocycles. The van der Waals surface area contributed by atoms with E-state index in [9.17, 15) is 14.7 Å². The molecule has 3 rings (SSSR count). The van der Waals surface area contributed by atoms with E-state index >= 15 is 0 Å². The molecular weight excluding hydrogens is 320 g/mol. The number of urea groups is 1. The second-order valence-corrected chi connectivity index (χ2v) is 7.14. The van der Waals surface area contributed by atoms with Crippen molar-refractivity contribution >= 4 is 12.0 Å². The minimum atomic E-state index is -0.754. The Kier molecular flexibility index (Phi) is 5.58. The van der Waals surface area contributed by atoms with Crippen molar-refractivity contribution in [1.29, 1.82) is 0 Å². The summed E-state index contributed by atoms with van der Waals surface area (Å²) in [5, 5.41) is 18.4. The molecule has 136 valence electrons. The Balaban J connectivity index is 1.69. The summed E-state index contributed by atoms with van der Waals surface area (Å²) in [5.74, 6) is -0.588. The van der Waals surface area contributed by atoms with Crippen molar-refractivity contribution in [2.24, 2.45) is 5.92 Å². The first kappa shape index (κ1) is 17.7. The van der Waals surface area contributed by atoms with Crippen molar-refractivity contribution in [2.45, 2.75) is 50.7 Å². The van der Waals surface area contributed by atoms with Gasteiger partial charge in [0.25, 0.3) is 0 Å². The number of nitrogens with zero attached hydrogens (tertiary/aromatic N) is 2. The second-order valence-electron chi connectivity index (χ2n) is 7.14. The van der Waals surface area contributed by atoms with E-state index in [1.54, 1.807) is 4.90 Å². The van der Waals surface area contributed by atoms with Gasteiger partial charge in [-0.25, -0.2) is 4.79 Å². The highest BCUT2D eigenvalue weighted by Crippen LogP contribution is 2.40. The normalized spacial score (nSPS) is 25.0. The summed E-state index contributed by atoms with van der Waals surface area (Å²) in [6.07, 6.45) is 3.63. The molecule has 6 heteroatoms. The predicted octanol–water partition coefficient (Wildman–Crippen LogP) is 2.32. The Labute approximate surface area is 148 Å². The van der Waals surface area contributed by atoms with Crippen molar-refractivity contribution in [3.63, 3.8) is 0 Å². The van der Waals surface area contributed by atoms with Crippen LogP contribution in [0.3, 0.4) is 0 Å². The third-order valence-corrected chi connectivity index (χ3v) is 5.37. The Hall–Kier alpha value is -2.08. The summed E-state index contributed by atoms with van der Waals surface area (Å²) in [6, 6.07) is 10.0. The maximum Gasteiger partial charge on any atom is 0.320 e. The smallest absolute Gasteiger partial charge is 0.320 e. The number of carboxylic acids is 1. The highest BCUT2D eigenvalue weighted by molar-refractivity contribution is 5.76. The fraction of sp³-hybridized carbons (Fsp3) is 0.579. The molecule has 1 aromatic rings. The van der Waals surface area contributed by atoms with E-state index in [1.807, 2.05) is 35.2 Å². The molecule has 2 atom stereocenters. The van der Waals surface area contributed by atoms with Gasteiger partial charge in [-0.05, 0) is 37.2 Å². The van der Waals surface area contributed by atoms with Gasteiger partial charge in [0, 0.05) is 31.6 Å². The lowest BCUT2D eigenvalue weighted by atomic mass is 9.88. The lowest BCUT2D eigenvalue weighted by Crippen LogP contribution is -2.52. The molecular formula is C19H26N2O4. The van der Waals surface area contributed by atoms with Crippen LogP contribution in [0.25, 0.3) is 0 Å². The average Bonchev–Trinajstić information content (AvgIpc) is 2.85. The molecule has 2 aliphatic heterocycles. The summed E-state index contributed by atoms with van der Waals surface area (Å²) in [6.45, 7) is 0.723. The number of fused-ring (bicyclic) bond motifs is 2. The molecule has 2 unspecified atom stereocenters. The van der Waals surface area contributed by atoms with E-state index in [-0.39, 0.29) is 37.1 Å². The van der Waals surface area contributed by atoms with Crippen LogP contribution in [-0.2, 0) is 11.3 Å². The number of hydrogen-bond donors (Lipinski definition) is 2. The fourth-order valence-corrected chi connectivity index (χ4v) is 4.35. The zero-order valence-electron chi connectivity index (χ0n) is 14.4. The van der Waals surface area contributed by atoms with Crippen LogP contribution in [0.4, 0.5) is 4.79 Å². The minimum absolute atomic E-state index is 0.0285. The van der Waals surface area contributed by atoms with Gasteiger partial charge in [0.2, 0.25) is 0 Å². The number of amides is 2. The summed E-state index contributed by atoms with van der Waals surface area (Å²) in [4.78, 5) is 27.8. The molecule has 25 heavy (non-hydrogen) atoms. The number of aliphatic hydroxyl groups is 1. The van der Waals surface area contributed by atoms with Crippen molar-refractivity contribution in [3.05, 3.63) is 35.9 Å². The Morgan fingerprint density at radius 1 is 1.12 bits per heavy atom. The van der Waals surface area contributed by atoms with Gasteiger partial charge < -0.3 is 20.0 Å². The van der Waals surface area contributed by atoms with Gasteiger partial charge in [-0.1, -0.05) is 30.3 Å². The standard InChI is InChI=1S/C19H26N2O4/c22-9-8-20(13-14-4-2-1-3-5-14)19(25)21-16-6-7-17(21)11-15(10-16)12-18(23)24/h1-5,15-17,22H,6-13H2,(H,23,24). The lowest BCUT2D eigenvalue weighted by molar-refractivity contribution is -0.138. The van der Waals surface area contributed by atoms with E-state index in [2.05, 4.69) is 0 Å². The van der Waals surface area contributed by atoms with Gasteiger partial charge in [-0.15, -0.1) is 0 Å². The zero-order chi connectivity index (χ0) is 17.8. The van der Waals surface area contributed by atoms with Crippen LogP contribution in [0.1, 0.15) is 37.7 Å². The van der Waals surface area contributed by atoms with Crippen LogP contribution in [0.2, 0.25) is 0 Å². The van der Waals surface area contributed by atoms with E-state index in [0.29, 0.717) is 13.1 Å². The van der Waals surface area contributed by atoms with E-state index in [4.69, 9.17) is 5.11 Å². The van der Waals surface area contributed by atoms with Crippen LogP contribution >= 0.6 is 0 Å². The van der Waals surface area contributed by atoms with E-state index in [1.165, 1.54) is 0 Å². The molecule has 0 spiro atoms. The largest absolute Gasteiger partial charge is 0.481 e. The predicted molar refractivity (Wildman–Crippen MR) is 93.0 cm³/mol. The molecule has 0 radical (unpaired) electrons. The highest BCUT2D eigenvalue weighted by atomic mass is 16.4. The third-order valence-electron chi connectivity index (χ3n) is 5.37. The maximum absolute atomic E-state index is 13.1. The molecule has 2 fully saturated rings.